The van der Waals surface area contributed by atoms with Gasteiger partial charge in [-0.2, -0.15) is 0 Å². The highest BCUT2D eigenvalue weighted by Gasteiger charge is 2.30. The summed E-state index contributed by atoms with van der Waals surface area (Å²) in [5, 5.41) is 2.86. The molecule has 0 saturated carbocycles. The molecule has 0 aliphatic heterocycles. The van der Waals surface area contributed by atoms with Gasteiger partial charge in [0.25, 0.3) is 0 Å². The maximum Gasteiger partial charge on any atom is 0.244 e. The summed E-state index contributed by atoms with van der Waals surface area (Å²) >= 11 is 6.19. The fourth-order valence-corrected chi connectivity index (χ4v) is 3.90. The predicted octanol–water partition coefficient (Wildman–Crippen LogP) is 2.41. The van der Waals surface area contributed by atoms with Crippen molar-refractivity contribution in [3.63, 3.8) is 0 Å². The molecule has 1 unspecified atom stereocenters. The van der Waals surface area contributed by atoms with Crippen molar-refractivity contribution in [1.29, 1.82) is 0 Å². The molecule has 1 atom stereocenters. The lowest BCUT2D eigenvalue weighted by Crippen LogP contribution is -2.50. The van der Waals surface area contributed by atoms with Crippen LogP contribution in [-0.2, 0) is 26.2 Å². The Balaban J connectivity index is 2.41. The lowest BCUT2D eigenvalue weighted by molar-refractivity contribution is -0.139. The Morgan fingerprint density at radius 1 is 1.13 bits per heavy atom. The number of nitrogens with one attached hydrogen (secondary N) is 1. The number of rotatable bonds is 8. The number of carbonyl (C=O) groups is 2. The van der Waals surface area contributed by atoms with E-state index in [0.717, 1.165) is 12.3 Å². The number of halogens is 2. The Hall–Kier alpha value is -2.65. The van der Waals surface area contributed by atoms with Gasteiger partial charge in [0, 0.05) is 18.6 Å². The summed E-state index contributed by atoms with van der Waals surface area (Å²) in [6.45, 7) is 0.814. The maximum atomic E-state index is 14.3. The minimum Gasteiger partial charge on any atom is -0.357 e. The summed E-state index contributed by atoms with van der Waals surface area (Å²) in [5.41, 5.74) is 0.332. The van der Waals surface area contributed by atoms with Gasteiger partial charge >= 0.3 is 0 Å². The van der Waals surface area contributed by atoms with E-state index >= 15 is 0 Å². The molecule has 0 saturated heterocycles. The lowest BCUT2D eigenvalue weighted by Gasteiger charge is -2.31. The molecule has 162 valence electrons. The summed E-state index contributed by atoms with van der Waals surface area (Å²) in [4.78, 5) is 26.6. The molecule has 30 heavy (non-hydrogen) atoms. The molecule has 0 bridgehead atoms. The normalized spacial score (nSPS) is 12.2. The molecule has 0 aromatic heterocycles. The van der Waals surface area contributed by atoms with Crippen molar-refractivity contribution in [2.24, 2.45) is 0 Å². The van der Waals surface area contributed by atoms with Crippen molar-refractivity contribution < 1.29 is 22.4 Å². The van der Waals surface area contributed by atoms with Crippen molar-refractivity contribution in [2.75, 3.05) is 24.2 Å². The summed E-state index contributed by atoms with van der Waals surface area (Å²) in [7, 11) is -2.55. The first kappa shape index (κ1) is 23.6. The molecule has 2 aromatic carbocycles. The van der Waals surface area contributed by atoms with Gasteiger partial charge in [-0.05, 0) is 30.7 Å². The number of anilines is 1. The summed E-state index contributed by atoms with van der Waals surface area (Å²) in [6, 6.07) is 11.1. The van der Waals surface area contributed by atoms with Crippen LogP contribution in [0.5, 0.6) is 0 Å². The van der Waals surface area contributed by atoms with Crippen molar-refractivity contribution in [1.82, 2.24) is 10.2 Å². The number of para-hydroxylation sites is 1. The van der Waals surface area contributed by atoms with Crippen molar-refractivity contribution in [2.45, 2.75) is 19.5 Å². The lowest BCUT2D eigenvalue weighted by atomic mass is 10.1. The highest BCUT2D eigenvalue weighted by molar-refractivity contribution is 7.92. The second-order valence-electron chi connectivity index (χ2n) is 6.62. The minimum atomic E-state index is -3.98. The summed E-state index contributed by atoms with van der Waals surface area (Å²) < 4.78 is 39.5. The van der Waals surface area contributed by atoms with Gasteiger partial charge in [0.2, 0.25) is 21.8 Å². The van der Waals surface area contributed by atoms with Crippen LogP contribution in [0.3, 0.4) is 0 Å². The number of benzene rings is 2. The largest absolute Gasteiger partial charge is 0.357 e. The number of hydrogen-bond acceptors (Lipinski definition) is 4. The topological polar surface area (TPSA) is 86.8 Å². The third kappa shape index (κ3) is 5.70. The Bertz CT molecular complexity index is 1030. The van der Waals surface area contributed by atoms with Crippen LogP contribution in [0, 0.1) is 5.82 Å². The highest BCUT2D eigenvalue weighted by Crippen LogP contribution is 2.23. The maximum absolute atomic E-state index is 14.3. The number of likely N-dealkylation sites (N-methyl/N-ethyl adjacent to an activating group) is 1. The Morgan fingerprint density at radius 2 is 1.73 bits per heavy atom. The van der Waals surface area contributed by atoms with E-state index in [1.165, 1.54) is 37.1 Å². The zero-order valence-electron chi connectivity index (χ0n) is 16.8. The van der Waals surface area contributed by atoms with Gasteiger partial charge in [-0.25, -0.2) is 12.8 Å². The molecule has 0 radical (unpaired) electrons. The van der Waals surface area contributed by atoms with E-state index in [1.54, 1.807) is 24.3 Å². The van der Waals surface area contributed by atoms with Crippen LogP contribution < -0.4 is 9.62 Å². The first-order valence-electron chi connectivity index (χ1n) is 9.03. The quantitative estimate of drug-likeness (QED) is 0.662. The van der Waals surface area contributed by atoms with E-state index in [-0.39, 0.29) is 12.2 Å². The molecule has 0 heterocycles. The first-order chi connectivity index (χ1) is 14.1. The van der Waals surface area contributed by atoms with E-state index < -0.39 is 40.2 Å². The van der Waals surface area contributed by atoms with E-state index in [0.29, 0.717) is 14.9 Å². The zero-order valence-corrected chi connectivity index (χ0v) is 18.4. The van der Waals surface area contributed by atoms with Crippen LogP contribution in [0.2, 0.25) is 5.02 Å². The number of hydrogen-bond donors (Lipinski definition) is 1. The van der Waals surface area contributed by atoms with Gasteiger partial charge in [-0.3, -0.25) is 13.9 Å². The van der Waals surface area contributed by atoms with Crippen LogP contribution in [0.1, 0.15) is 12.5 Å². The monoisotopic (exact) mass is 455 g/mol. The molecule has 10 heteroatoms. The molecule has 2 rings (SSSR count). The number of nitrogens with zero attached hydrogens (tertiary/aromatic N) is 2. The molecule has 1 N–H and O–H groups in total. The van der Waals surface area contributed by atoms with Crippen molar-refractivity contribution >= 4 is 39.1 Å². The Morgan fingerprint density at radius 3 is 2.30 bits per heavy atom. The van der Waals surface area contributed by atoms with E-state index in [1.807, 2.05) is 0 Å². The molecule has 0 spiro atoms. The molecule has 7 nitrogen and oxygen atoms in total. The Labute approximate surface area is 180 Å². The van der Waals surface area contributed by atoms with Gasteiger partial charge in [0.05, 0.1) is 11.9 Å². The van der Waals surface area contributed by atoms with E-state index in [2.05, 4.69) is 5.32 Å². The predicted molar refractivity (Wildman–Crippen MR) is 114 cm³/mol. The van der Waals surface area contributed by atoms with Crippen LogP contribution >= 0.6 is 11.6 Å². The second kappa shape index (κ2) is 9.90. The van der Waals surface area contributed by atoms with Gasteiger partial charge in [-0.1, -0.05) is 41.9 Å². The Kier molecular flexibility index (Phi) is 7.80. The number of carbonyl (C=O) groups excluding carboxylic acids is 2. The number of amides is 2. The fourth-order valence-electron chi connectivity index (χ4n) is 2.85. The van der Waals surface area contributed by atoms with Crippen molar-refractivity contribution in [3.8, 4) is 0 Å². The average Bonchev–Trinajstić information content (AvgIpc) is 2.70. The summed E-state index contributed by atoms with van der Waals surface area (Å²) in [5.74, 6) is -1.90. The smallest absolute Gasteiger partial charge is 0.244 e. The fraction of sp³-hybridized carbons (Fsp3) is 0.300. The first-order valence-corrected chi connectivity index (χ1v) is 11.3. The molecule has 0 aliphatic rings. The van der Waals surface area contributed by atoms with Crippen molar-refractivity contribution in [3.05, 3.63) is 64.9 Å². The van der Waals surface area contributed by atoms with Crippen LogP contribution in [-0.4, -0.2) is 51.0 Å². The number of sulfonamides is 1. The standard InChI is InChI=1S/C20H23ClFN3O4S/c1-14(20(27)23-2)24(12-15-8-4-5-9-16(15)21)19(26)13-25(30(3,28)29)18-11-7-6-10-17(18)22/h4-11,14H,12-13H2,1-3H3,(H,23,27). The van der Waals surface area contributed by atoms with E-state index in [4.69, 9.17) is 11.6 Å². The van der Waals surface area contributed by atoms with E-state index in [9.17, 15) is 22.4 Å². The minimum absolute atomic E-state index is 0.0258. The second-order valence-corrected chi connectivity index (χ2v) is 8.94. The van der Waals surface area contributed by atoms with Gasteiger partial charge < -0.3 is 10.2 Å². The summed E-state index contributed by atoms with van der Waals surface area (Å²) in [6.07, 6.45) is 0.882. The third-order valence-corrected chi connectivity index (χ3v) is 6.01. The van der Waals surface area contributed by atoms with Crippen LogP contribution in [0.25, 0.3) is 0 Å². The van der Waals surface area contributed by atoms with Crippen LogP contribution in [0.4, 0.5) is 10.1 Å². The molecule has 0 fully saturated rings. The van der Waals surface area contributed by atoms with Gasteiger partial charge in [0.15, 0.2) is 0 Å². The highest BCUT2D eigenvalue weighted by atomic mass is 35.5. The SMILES string of the molecule is CNC(=O)C(C)N(Cc1ccccc1Cl)C(=O)CN(c1ccccc1F)S(C)(=O)=O. The molecule has 2 aromatic rings. The molecule has 0 aliphatic carbocycles. The third-order valence-electron chi connectivity index (χ3n) is 4.51. The zero-order chi connectivity index (χ0) is 22.5. The van der Waals surface area contributed by atoms with Gasteiger partial charge in [-0.15, -0.1) is 0 Å². The van der Waals surface area contributed by atoms with Crippen LogP contribution in [0.15, 0.2) is 48.5 Å². The molecule has 2 amide bonds. The molecular formula is C20H23ClFN3O4S. The van der Waals surface area contributed by atoms with Gasteiger partial charge in [0.1, 0.15) is 18.4 Å². The average molecular weight is 456 g/mol. The molecular weight excluding hydrogens is 433 g/mol.